The van der Waals surface area contributed by atoms with E-state index in [0.29, 0.717) is 13.2 Å². The van der Waals surface area contributed by atoms with Crippen LogP contribution in [-0.2, 0) is 23.0 Å². The van der Waals surface area contributed by atoms with Crippen molar-refractivity contribution in [2.24, 2.45) is 0 Å². The van der Waals surface area contributed by atoms with Crippen molar-refractivity contribution < 1.29 is 9.47 Å². The first-order valence-corrected chi connectivity index (χ1v) is 70.7. The lowest BCUT2D eigenvalue weighted by Gasteiger charge is -2.21. The zero-order valence-corrected chi connectivity index (χ0v) is 96.4. The minimum Gasteiger partial charge on any atom is -0.493 e. The molecule has 0 radical (unpaired) electrons. The quantitative estimate of drug-likeness (QED) is 0.0585. The molecular weight excluding hydrogens is 2070 g/mol. The second-order valence-electron chi connectivity index (χ2n) is 26.8. The highest BCUT2D eigenvalue weighted by molar-refractivity contribution is 8.49. The summed E-state index contributed by atoms with van der Waals surface area (Å²) in [5.41, 5.74) is 7.69. The second-order valence-corrected chi connectivity index (χ2v) is 65.4. The molecule has 34 heteroatoms. The minimum absolute atomic E-state index is 0.692. The molecule has 0 amide bonds. The Morgan fingerprint density at radius 3 is 0.508 bits per heavy atom. The van der Waals surface area contributed by atoms with Crippen LogP contribution in [0, 0.1) is 0 Å². The van der Waals surface area contributed by atoms with Gasteiger partial charge in [0, 0.05) is 45.3 Å². The van der Waals surface area contributed by atoms with Gasteiger partial charge in [0.2, 0.25) is 0 Å². The van der Waals surface area contributed by atoms with Gasteiger partial charge in [-0.1, -0.05) is 322 Å². The van der Waals surface area contributed by atoms with Crippen molar-refractivity contribution in [1.82, 2.24) is 0 Å². The standard InChI is InChI=1S/C84H114O2S32/c1-15-25-35-85-59-55(49-99-65-61(87-11)103-77(107-65)81-111-69(91-37-27-17-3)70(112-81)92-38-28-18-4)45-53(46-56(59)50-100-66-62(88-12)104-78(108-66)82-113-71(93-39-29-19-5)72(114-82)94-40-30-20-6)54-47-57(51-101-67-63(89-13)105-79(109-67)83-115-73(95-41-31-21-7)74(116-83)96-42-32-22-8)60(86-36-26-16-2)58(48-54)52-102-68-64(90-14)106-80(110-68)84-117-75(97-43-33-23-9)76(118-84)98-44-34-24-10/h45-48H,15-44,49-52H2,1-14H3. The fourth-order valence-corrected chi connectivity index (χ4v) is 58.1. The summed E-state index contributed by atoms with van der Waals surface area (Å²) >= 11 is 65.2. The van der Waals surface area contributed by atoms with Gasteiger partial charge < -0.3 is 9.47 Å². The number of rotatable bonds is 57. The van der Waals surface area contributed by atoms with Gasteiger partial charge in [-0.3, -0.25) is 0 Å². The van der Waals surface area contributed by atoms with Gasteiger partial charge in [0.05, 0.1) is 115 Å². The first-order valence-electron chi connectivity index (χ1n) is 40.9. The first-order chi connectivity index (χ1) is 57.9. The summed E-state index contributed by atoms with van der Waals surface area (Å²) in [4.78, 5) is 0. The van der Waals surface area contributed by atoms with E-state index in [1.165, 1.54) is 284 Å². The highest BCUT2D eigenvalue weighted by Gasteiger charge is 2.37. The summed E-state index contributed by atoms with van der Waals surface area (Å²) in [5.74, 6) is 14.9. The van der Waals surface area contributed by atoms with Gasteiger partial charge in [0.1, 0.15) is 11.5 Å². The molecule has 0 saturated carbocycles. The van der Waals surface area contributed by atoms with E-state index in [1.807, 2.05) is 188 Å². The Hall–Kier alpha value is 6.12. The number of thioether (sulfide) groups is 32. The highest BCUT2D eigenvalue weighted by atomic mass is 32.3. The summed E-state index contributed by atoms with van der Waals surface area (Å²) < 4.78 is 50.1. The van der Waals surface area contributed by atoms with Crippen molar-refractivity contribution >= 4 is 376 Å². The second kappa shape index (κ2) is 60.6. The monoisotopic (exact) mass is 2180 g/mol. The summed E-state index contributed by atoms with van der Waals surface area (Å²) in [6.07, 6.45) is 33.3. The van der Waals surface area contributed by atoms with E-state index in [4.69, 9.17) is 9.47 Å². The minimum atomic E-state index is 0.692. The molecule has 0 bridgehead atoms. The maximum atomic E-state index is 7.39. The molecule has 2 aromatic carbocycles. The van der Waals surface area contributed by atoms with Crippen LogP contribution in [-0.4, -0.2) is 84.3 Å². The summed E-state index contributed by atoms with van der Waals surface area (Å²) in [6.45, 7) is 24.6. The fourth-order valence-electron chi connectivity index (χ4n) is 10.7. The molecule has 2 nitrogen and oxygen atoms in total. The normalized spacial score (nSPS) is 17.6. The smallest absolute Gasteiger partial charge is 0.127 e. The molecule has 0 N–H and O–H groups in total. The van der Waals surface area contributed by atoms with Gasteiger partial charge in [-0.25, -0.2) is 0 Å². The van der Waals surface area contributed by atoms with Crippen LogP contribution in [0.1, 0.15) is 220 Å². The van der Waals surface area contributed by atoms with Crippen LogP contribution in [0.4, 0.5) is 0 Å². The largest absolute Gasteiger partial charge is 0.493 e. The maximum absolute atomic E-state index is 7.39. The van der Waals surface area contributed by atoms with Gasteiger partial charge in [0.25, 0.3) is 0 Å². The van der Waals surface area contributed by atoms with Crippen LogP contribution in [0.2, 0.25) is 0 Å². The van der Waals surface area contributed by atoms with Crippen LogP contribution in [0.3, 0.4) is 0 Å². The molecule has 118 heavy (non-hydrogen) atoms. The zero-order chi connectivity index (χ0) is 83.4. The van der Waals surface area contributed by atoms with Crippen molar-refractivity contribution in [3.8, 4) is 22.6 Å². The molecule has 8 aliphatic rings. The third-order valence-electron chi connectivity index (χ3n) is 17.3. The van der Waals surface area contributed by atoms with Crippen molar-refractivity contribution in [1.29, 1.82) is 0 Å². The van der Waals surface area contributed by atoms with Gasteiger partial charge in [-0.05, 0) is 171 Å². The van der Waals surface area contributed by atoms with E-state index in [0.717, 1.165) is 60.2 Å². The zero-order valence-electron chi connectivity index (χ0n) is 70.2. The van der Waals surface area contributed by atoms with Crippen LogP contribution < -0.4 is 9.47 Å². The Balaban J connectivity index is 1.06. The summed E-state index contributed by atoms with van der Waals surface area (Å²) in [5, 5.41) is 0. The van der Waals surface area contributed by atoms with Crippen LogP contribution in [0.5, 0.6) is 11.5 Å². The number of hydrogen-bond donors (Lipinski definition) is 0. The summed E-state index contributed by atoms with van der Waals surface area (Å²) in [6, 6.07) is 10.3. The topological polar surface area (TPSA) is 18.5 Å². The molecule has 0 unspecified atom stereocenters. The third kappa shape index (κ3) is 33.3. The van der Waals surface area contributed by atoms with Crippen molar-refractivity contribution in [2.45, 2.75) is 221 Å². The summed E-state index contributed by atoms with van der Waals surface area (Å²) in [7, 11) is 0. The van der Waals surface area contributed by atoms with Crippen LogP contribution in [0.15, 0.2) is 126 Å². The van der Waals surface area contributed by atoms with Crippen LogP contribution >= 0.6 is 376 Å². The van der Waals surface area contributed by atoms with Crippen molar-refractivity contribution in [3.63, 3.8) is 0 Å². The lowest BCUT2D eigenvalue weighted by atomic mass is 9.96. The SMILES string of the molecule is CCCCOc1c(CSC2=C(SC)SC(=C3SC(SCCCC)=C(SCCCC)S3)S2)cc(-c2cc(CSC3=C(SC)SC(=C4SC(SCCCC)=C(SCCCC)S4)S3)c(OCCCC)c(CSC3=C(SC)SC(=C4SC(SCCCC)=C(SCCCC)S4)S3)c2)cc1CSC1=C(SC)SC(=C2SC(SCCCC)=C(SCCCC)S2)S1. The number of unbranched alkanes of at least 4 members (excludes halogenated alkanes) is 10. The molecule has 0 aliphatic carbocycles. The lowest BCUT2D eigenvalue weighted by molar-refractivity contribution is 0.305. The molecule has 0 spiro atoms. The Morgan fingerprint density at radius 1 is 0.203 bits per heavy atom. The van der Waals surface area contributed by atoms with E-state index < -0.39 is 0 Å². The first kappa shape index (κ1) is 106. The Kier molecular flexibility index (Phi) is 54.5. The predicted octanol–water partition coefficient (Wildman–Crippen LogP) is 41.7. The number of ether oxygens (including phenoxy) is 2. The molecule has 654 valence electrons. The third-order valence-corrected chi connectivity index (χ3v) is 63.9. The van der Waals surface area contributed by atoms with Crippen LogP contribution in [0.25, 0.3) is 11.1 Å². The van der Waals surface area contributed by atoms with E-state index in [9.17, 15) is 0 Å². The molecular formula is C84H114O2S32. The Labute approximate surface area is 849 Å². The fraction of sp³-hybridized carbons (Fsp3) is 0.571. The molecule has 8 heterocycles. The van der Waals surface area contributed by atoms with Crippen molar-refractivity contribution in [2.75, 3.05) is 84.3 Å². The Morgan fingerprint density at radius 2 is 0.356 bits per heavy atom. The van der Waals surface area contributed by atoms with Gasteiger partial charge >= 0.3 is 0 Å². The average Bonchev–Trinajstić information content (AvgIpc) is 1.21. The predicted molar refractivity (Wildman–Crippen MR) is 617 cm³/mol. The average molecular weight is 2180 g/mol. The van der Waals surface area contributed by atoms with Gasteiger partial charge in [-0.2, -0.15) is 0 Å². The van der Waals surface area contributed by atoms with E-state index >= 15 is 0 Å². The van der Waals surface area contributed by atoms with E-state index in [2.05, 4.69) is 307 Å². The molecule has 0 aromatic heterocycles. The maximum Gasteiger partial charge on any atom is 0.127 e. The Bertz CT molecular complexity index is 3470. The number of hydrogen-bond acceptors (Lipinski definition) is 34. The lowest BCUT2D eigenvalue weighted by Crippen LogP contribution is -2.05. The van der Waals surface area contributed by atoms with Gasteiger partial charge in [0.15, 0.2) is 0 Å². The van der Waals surface area contributed by atoms with E-state index in [1.54, 1.807) is 0 Å². The molecule has 0 saturated heterocycles. The highest BCUT2D eigenvalue weighted by Crippen LogP contribution is 2.72. The molecule has 8 aliphatic heterocycles. The molecule has 0 atom stereocenters. The molecule has 2 aromatic rings. The van der Waals surface area contributed by atoms with Crippen molar-refractivity contribution in [3.05, 3.63) is 148 Å². The molecule has 0 fully saturated rings. The number of benzene rings is 2. The molecule has 10 rings (SSSR count). The van der Waals surface area contributed by atoms with E-state index in [-0.39, 0.29) is 0 Å². The van der Waals surface area contributed by atoms with Gasteiger partial charge in [-0.15, -0.1) is 188 Å².